The van der Waals surface area contributed by atoms with Crippen LogP contribution in [0, 0.1) is 25.2 Å². The van der Waals surface area contributed by atoms with Crippen LogP contribution < -0.4 is 0 Å². The predicted molar refractivity (Wildman–Crippen MR) is 82.4 cm³/mol. The van der Waals surface area contributed by atoms with E-state index >= 15 is 0 Å². The molecule has 0 unspecified atom stereocenters. The van der Waals surface area contributed by atoms with E-state index in [2.05, 4.69) is 11.1 Å². The second-order valence-electron chi connectivity index (χ2n) is 5.22. The van der Waals surface area contributed by atoms with E-state index in [1.807, 2.05) is 38.1 Å². The van der Waals surface area contributed by atoms with Crippen LogP contribution >= 0.6 is 0 Å². The monoisotopic (exact) mass is 274 g/mol. The van der Waals surface area contributed by atoms with Crippen LogP contribution in [0.1, 0.15) is 32.6 Å². The number of benzene rings is 2. The molecule has 21 heavy (non-hydrogen) atoms. The Bertz CT molecular complexity index is 897. The maximum atomic E-state index is 12.7. The number of fused-ring (bicyclic) bond motifs is 1. The summed E-state index contributed by atoms with van der Waals surface area (Å²) in [6, 6.07) is 13.2. The second-order valence-corrected chi connectivity index (χ2v) is 5.22. The predicted octanol–water partition coefficient (Wildman–Crippen LogP) is 3.89. The van der Waals surface area contributed by atoms with Crippen LogP contribution in [0.5, 0.6) is 0 Å². The van der Waals surface area contributed by atoms with Gasteiger partial charge in [0.25, 0.3) is 0 Å². The number of nitriles is 1. The van der Waals surface area contributed by atoms with E-state index in [0.717, 1.165) is 22.0 Å². The van der Waals surface area contributed by atoms with Crippen molar-refractivity contribution in [3.63, 3.8) is 0 Å². The summed E-state index contributed by atoms with van der Waals surface area (Å²) < 4.78 is 0. The highest BCUT2D eigenvalue weighted by atomic mass is 16.1. The van der Waals surface area contributed by atoms with Crippen LogP contribution in [-0.4, -0.2) is 10.8 Å². The number of carbonyl (C=O) groups excluding carboxylic acids is 1. The normalized spacial score (nSPS) is 10.5. The molecule has 0 spiro atoms. The average Bonchev–Trinajstić information content (AvgIpc) is 2.89. The summed E-state index contributed by atoms with van der Waals surface area (Å²) in [5.74, 6) is 0.00320. The quantitative estimate of drug-likeness (QED) is 0.721. The standard InChI is InChI=1S/C18H14N2O/c1-11-3-5-14(12(2)7-11)18(21)16-10-20-17-8-13(9-19)4-6-15(16)17/h3-8,10,20H,1-2H3. The molecule has 102 valence electrons. The number of aromatic nitrogens is 1. The Kier molecular flexibility index (Phi) is 3.08. The van der Waals surface area contributed by atoms with E-state index in [4.69, 9.17) is 5.26 Å². The summed E-state index contributed by atoms with van der Waals surface area (Å²) in [6.45, 7) is 3.96. The number of rotatable bonds is 2. The molecule has 3 rings (SSSR count). The SMILES string of the molecule is Cc1ccc(C(=O)c2c[nH]c3cc(C#N)ccc23)c(C)c1. The van der Waals surface area contributed by atoms with Gasteiger partial charge in [-0.15, -0.1) is 0 Å². The van der Waals surface area contributed by atoms with E-state index in [0.29, 0.717) is 16.7 Å². The van der Waals surface area contributed by atoms with Gasteiger partial charge in [0, 0.05) is 28.2 Å². The lowest BCUT2D eigenvalue weighted by Crippen LogP contribution is -2.03. The molecular weight excluding hydrogens is 260 g/mol. The van der Waals surface area contributed by atoms with Gasteiger partial charge in [-0.2, -0.15) is 5.26 Å². The van der Waals surface area contributed by atoms with Crippen molar-refractivity contribution in [2.45, 2.75) is 13.8 Å². The van der Waals surface area contributed by atoms with Gasteiger partial charge >= 0.3 is 0 Å². The number of nitrogens with one attached hydrogen (secondary N) is 1. The maximum Gasteiger partial charge on any atom is 0.195 e. The molecule has 0 radical (unpaired) electrons. The van der Waals surface area contributed by atoms with Gasteiger partial charge < -0.3 is 4.98 Å². The van der Waals surface area contributed by atoms with Gasteiger partial charge in [0.05, 0.1) is 11.6 Å². The van der Waals surface area contributed by atoms with Gasteiger partial charge in [0.1, 0.15) is 0 Å². The molecule has 0 saturated carbocycles. The Hall–Kier alpha value is -2.86. The number of carbonyl (C=O) groups is 1. The summed E-state index contributed by atoms with van der Waals surface area (Å²) in [4.78, 5) is 15.8. The van der Waals surface area contributed by atoms with Crippen molar-refractivity contribution >= 4 is 16.7 Å². The zero-order chi connectivity index (χ0) is 15.0. The van der Waals surface area contributed by atoms with Crippen molar-refractivity contribution in [3.8, 4) is 6.07 Å². The van der Waals surface area contributed by atoms with Crippen molar-refractivity contribution in [1.82, 2.24) is 4.98 Å². The van der Waals surface area contributed by atoms with Crippen LogP contribution in [0.2, 0.25) is 0 Å². The van der Waals surface area contributed by atoms with Crippen molar-refractivity contribution < 1.29 is 4.79 Å². The van der Waals surface area contributed by atoms with E-state index in [-0.39, 0.29) is 5.78 Å². The molecule has 0 aliphatic rings. The number of hydrogen-bond acceptors (Lipinski definition) is 2. The first kappa shape index (κ1) is 13.1. The molecule has 0 saturated heterocycles. The van der Waals surface area contributed by atoms with Crippen molar-refractivity contribution in [2.24, 2.45) is 0 Å². The second kappa shape index (κ2) is 4.92. The summed E-state index contributed by atoms with van der Waals surface area (Å²) in [5.41, 5.74) is 4.86. The molecule has 0 amide bonds. The van der Waals surface area contributed by atoms with E-state index in [9.17, 15) is 4.79 Å². The molecule has 3 aromatic rings. The molecule has 0 atom stereocenters. The third-order valence-corrected chi connectivity index (χ3v) is 3.68. The number of ketones is 1. The lowest BCUT2D eigenvalue weighted by molar-refractivity contribution is 0.104. The number of aromatic amines is 1. The molecule has 1 heterocycles. The Morgan fingerprint density at radius 1 is 1.10 bits per heavy atom. The summed E-state index contributed by atoms with van der Waals surface area (Å²) in [6.07, 6.45) is 1.72. The largest absolute Gasteiger partial charge is 0.360 e. The van der Waals surface area contributed by atoms with Gasteiger partial charge in [-0.1, -0.05) is 29.8 Å². The molecule has 0 fully saturated rings. The Labute approximate surface area is 122 Å². The van der Waals surface area contributed by atoms with E-state index in [1.54, 1.807) is 18.3 Å². The first-order valence-electron chi connectivity index (χ1n) is 6.73. The molecule has 0 aliphatic carbocycles. The zero-order valence-electron chi connectivity index (χ0n) is 11.9. The van der Waals surface area contributed by atoms with Crippen molar-refractivity contribution in [3.05, 3.63) is 70.4 Å². The molecule has 2 aromatic carbocycles. The summed E-state index contributed by atoms with van der Waals surface area (Å²) in [5, 5.41) is 9.77. The minimum atomic E-state index is 0.00320. The summed E-state index contributed by atoms with van der Waals surface area (Å²) in [7, 11) is 0. The molecule has 3 nitrogen and oxygen atoms in total. The first-order chi connectivity index (χ1) is 10.1. The molecular formula is C18H14N2O. The third kappa shape index (κ3) is 2.21. The van der Waals surface area contributed by atoms with E-state index in [1.165, 1.54) is 0 Å². The number of H-pyrrole nitrogens is 1. The number of aryl methyl sites for hydroxylation is 2. The molecule has 3 heteroatoms. The minimum Gasteiger partial charge on any atom is -0.360 e. The minimum absolute atomic E-state index is 0.00320. The number of nitrogens with zero attached hydrogens (tertiary/aromatic N) is 1. The lowest BCUT2D eigenvalue weighted by Gasteiger charge is -2.05. The van der Waals surface area contributed by atoms with Gasteiger partial charge in [0.2, 0.25) is 0 Å². The third-order valence-electron chi connectivity index (χ3n) is 3.68. The molecule has 0 aliphatic heterocycles. The smallest absolute Gasteiger partial charge is 0.195 e. The fourth-order valence-corrected chi connectivity index (χ4v) is 2.60. The fourth-order valence-electron chi connectivity index (χ4n) is 2.60. The van der Waals surface area contributed by atoms with Crippen LogP contribution in [0.25, 0.3) is 10.9 Å². The Morgan fingerprint density at radius 3 is 2.62 bits per heavy atom. The maximum absolute atomic E-state index is 12.7. The highest BCUT2D eigenvalue weighted by Crippen LogP contribution is 2.23. The van der Waals surface area contributed by atoms with Gasteiger partial charge in [-0.3, -0.25) is 4.79 Å². The average molecular weight is 274 g/mol. The topological polar surface area (TPSA) is 56.6 Å². The van der Waals surface area contributed by atoms with Gasteiger partial charge in [-0.25, -0.2) is 0 Å². The van der Waals surface area contributed by atoms with Crippen molar-refractivity contribution in [1.29, 1.82) is 5.26 Å². The highest BCUT2D eigenvalue weighted by Gasteiger charge is 2.16. The zero-order valence-corrected chi connectivity index (χ0v) is 11.9. The van der Waals surface area contributed by atoms with Crippen LogP contribution in [-0.2, 0) is 0 Å². The molecule has 0 bridgehead atoms. The van der Waals surface area contributed by atoms with E-state index < -0.39 is 0 Å². The number of hydrogen-bond donors (Lipinski definition) is 1. The van der Waals surface area contributed by atoms with Gasteiger partial charge in [0.15, 0.2) is 5.78 Å². The van der Waals surface area contributed by atoms with Crippen LogP contribution in [0.3, 0.4) is 0 Å². The van der Waals surface area contributed by atoms with Crippen LogP contribution in [0.4, 0.5) is 0 Å². The fraction of sp³-hybridized carbons (Fsp3) is 0.111. The van der Waals surface area contributed by atoms with Crippen LogP contribution in [0.15, 0.2) is 42.6 Å². The first-order valence-corrected chi connectivity index (χ1v) is 6.73. The lowest BCUT2D eigenvalue weighted by atomic mass is 9.97. The Morgan fingerprint density at radius 2 is 1.90 bits per heavy atom. The Balaban J connectivity index is 2.12. The van der Waals surface area contributed by atoms with Gasteiger partial charge in [-0.05, 0) is 31.5 Å². The highest BCUT2D eigenvalue weighted by molar-refractivity contribution is 6.17. The summed E-state index contributed by atoms with van der Waals surface area (Å²) >= 11 is 0. The molecule has 1 N–H and O–H groups in total. The molecule has 1 aromatic heterocycles. The van der Waals surface area contributed by atoms with Crippen molar-refractivity contribution in [2.75, 3.05) is 0 Å².